The monoisotopic (exact) mass is 373 g/mol. The second-order valence-corrected chi connectivity index (χ2v) is 6.03. The topological polar surface area (TPSA) is 113 Å². The lowest BCUT2D eigenvalue weighted by Crippen LogP contribution is -2.36. The zero-order valence-electron chi connectivity index (χ0n) is 13.7. The van der Waals surface area contributed by atoms with Crippen molar-refractivity contribution in [2.45, 2.75) is 18.9 Å². The molecule has 3 aromatic rings. The van der Waals surface area contributed by atoms with Crippen LogP contribution >= 0.6 is 11.6 Å². The van der Waals surface area contributed by atoms with E-state index in [9.17, 15) is 9.59 Å². The number of pyridine rings is 1. The van der Waals surface area contributed by atoms with Crippen molar-refractivity contribution in [1.29, 1.82) is 0 Å². The van der Waals surface area contributed by atoms with E-state index in [0.717, 1.165) is 4.68 Å². The molecule has 134 valence electrons. The van der Waals surface area contributed by atoms with Crippen LogP contribution in [0.2, 0.25) is 5.02 Å². The van der Waals surface area contributed by atoms with E-state index < -0.39 is 17.5 Å². The number of carbonyl (C=O) groups is 1. The third kappa shape index (κ3) is 3.97. The van der Waals surface area contributed by atoms with E-state index in [4.69, 9.17) is 22.1 Å². The second kappa shape index (κ2) is 7.92. The van der Waals surface area contributed by atoms with Crippen molar-refractivity contribution in [2.24, 2.45) is 5.73 Å². The highest BCUT2D eigenvalue weighted by molar-refractivity contribution is 6.30. The van der Waals surface area contributed by atoms with E-state index in [2.05, 4.69) is 15.3 Å². The molecule has 0 aliphatic carbocycles. The van der Waals surface area contributed by atoms with E-state index in [1.54, 1.807) is 24.3 Å². The van der Waals surface area contributed by atoms with Crippen LogP contribution in [0.3, 0.4) is 0 Å². The van der Waals surface area contributed by atoms with Crippen molar-refractivity contribution in [1.82, 2.24) is 20.0 Å². The number of rotatable bonds is 7. The fourth-order valence-corrected chi connectivity index (χ4v) is 2.70. The van der Waals surface area contributed by atoms with Crippen LogP contribution in [-0.4, -0.2) is 32.5 Å². The molecule has 1 unspecified atom stereocenters. The number of carbonyl (C=O) groups excluding carboxylic acids is 1. The Balaban J connectivity index is 1.71. The summed E-state index contributed by atoms with van der Waals surface area (Å²) in [6.07, 6.45) is 3.70. The average molecular weight is 374 g/mol. The number of nitrogens with zero attached hydrogens (tertiary/aromatic N) is 4. The van der Waals surface area contributed by atoms with Gasteiger partial charge in [-0.15, -0.1) is 5.10 Å². The lowest BCUT2D eigenvalue weighted by molar-refractivity contribution is -0.121. The van der Waals surface area contributed by atoms with E-state index in [0.29, 0.717) is 41.1 Å². The second-order valence-electron chi connectivity index (χ2n) is 5.60. The van der Waals surface area contributed by atoms with E-state index in [-0.39, 0.29) is 0 Å². The Bertz CT molecular complexity index is 991. The lowest BCUT2D eigenvalue weighted by Gasteiger charge is -2.15. The smallest absolute Gasteiger partial charge is 0.278 e. The maximum atomic E-state index is 12.5. The normalized spacial score (nSPS) is 12.0. The fourth-order valence-electron chi connectivity index (χ4n) is 2.52. The predicted molar refractivity (Wildman–Crippen MR) is 96.0 cm³/mol. The molecular weight excluding hydrogens is 358 g/mol. The number of amides is 1. The molecule has 2 N–H and O–H groups in total. The Morgan fingerprint density at radius 2 is 2.19 bits per heavy atom. The molecule has 8 nitrogen and oxygen atoms in total. The molecule has 26 heavy (non-hydrogen) atoms. The fraction of sp³-hybridized carbons (Fsp3) is 0.235. The van der Waals surface area contributed by atoms with Crippen molar-refractivity contribution in [3.63, 3.8) is 0 Å². The molecule has 0 aliphatic rings. The first kappa shape index (κ1) is 17.8. The number of primary amides is 1. The highest BCUT2D eigenvalue weighted by Crippen LogP contribution is 2.18. The minimum absolute atomic E-state index is 0.293. The Morgan fingerprint density at radius 3 is 2.96 bits per heavy atom. The largest absolute Gasteiger partial charge is 0.494 e. The molecule has 0 aliphatic heterocycles. The van der Waals surface area contributed by atoms with Crippen LogP contribution < -0.4 is 16.0 Å². The van der Waals surface area contributed by atoms with Crippen molar-refractivity contribution in [3.8, 4) is 5.75 Å². The molecule has 0 saturated carbocycles. The number of benzene rings is 1. The summed E-state index contributed by atoms with van der Waals surface area (Å²) in [7, 11) is 0. The predicted octanol–water partition coefficient (Wildman–Crippen LogP) is 1.73. The molecule has 3 rings (SSSR count). The van der Waals surface area contributed by atoms with Gasteiger partial charge >= 0.3 is 0 Å². The number of hydrogen-bond donors (Lipinski definition) is 1. The lowest BCUT2D eigenvalue weighted by atomic mass is 10.1. The molecule has 0 saturated heterocycles. The minimum atomic E-state index is -0.907. The molecule has 1 aromatic carbocycles. The Labute approximate surface area is 153 Å². The average Bonchev–Trinajstić information content (AvgIpc) is 2.63. The summed E-state index contributed by atoms with van der Waals surface area (Å²) in [6, 6.07) is 7.63. The first-order valence-electron chi connectivity index (χ1n) is 7.93. The summed E-state index contributed by atoms with van der Waals surface area (Å²) >= 11 is 5.90. The first-order valence-corrected chi connectivity index (χ1v) is 8.31. The highest BCUT2D eigenvalue weighted by atomic mass is 35.5. The van der Waals surface area contributed by atoms with Gasteiger partial charge in [0.25, 0.3) is 5.56 Å². The van der Waals surface area contributed by atoms with E-state index in [1.165, 1.54) is 18.5 Å². The van der Waals surface area contributed by atoms with Gasteiger partial charge in [-0.1, -0.05) is 22.9 Å². The van der Waals surface area contributed by atoms with Gasteiger partial charge < -0.3 is 10.5 Å². The van der Waals surface area contributed by atoms with Gasteiger partial charge in [0.05, 0.1) is 18.2 Å². The van der Waals surface area contributed by atoms with Crippen LogP contribution in [0.1, 0.15) is 18.9 Å². The summed E-state index contributed by atoms with van der Waals surface area (Å²) in [6.45, 7) is 0.337. The number of ether oxygens (including phenoxy) is 1. The summed E-state index contributed by atoms with van der Waals surface area (Å²) in [5, 5.41) is 8.66. The van der Waals surface area contributed by atoms with Gasteiger partial charge in [0, 0.05) is 11.2 Å². The quantitative estimate of drug-likeness (QED) is 0.631. The molecule has 2 heterocycles. The maximum Gasteiger partial charge on any atom is 0.278 e. The minimum Gasteiger partial charge on any atom is -0.494 e. The Hall–Kier alpha value is -3.00. The molecule has 0 fully saturated rings. The molecule has 1 atom stereocenters. The summed E-state index contributed by atoms with van der Waals surface area (Å²) in [5.74, 6) is -0.0270. The molecule has 0 bridgehead atoms. The number of halogens is 1. The third-order valence-corrected chi connectivity index (χ3v) is 4.03. The zero-order valence-corrected chi connectivity index (χ0v) is 14.5. The van der Waals surface area contributed by atoms with Gasteiger partial charge in [-0.25, -0.2) is 0 Å². The van der Waals surface area contributed by atoms with Crippen LogP contribution in [0.5, 0.6) is 5.75 Å². The van der Waals surface area contributed by atoms with Crippen LogP contribution in [0.4, 0.5) is 0 Å². The number of fused-ring (bicyclic) bond motifs is 1. The summed E-state index contributed by atoms with van der Waals surface area (Å²) < 4.78 is 6.60. The maximum absolute atomic E-state index is 12.5. The van der Waals surface area contributed by atoms with Crippen LogP contribution in [-0.2, 0) is 4.79 Å². The van der Waals surface area contributed by atoms with Crippen molar-refractivity contribution < 1.29 is 9.53 Å². The molecule has 0 spiro atoms. The van der Waals surface area contributed by atoms with Crippen LogP contribution in [0.15, 0.2) is 47.5 Å². The van der Waals surface area contributed by atoms with Gasteiger partial charge in [0.2, 0.25) is 5.91 Å². The van der Waals surface area contributed by atoms with Gasteiger partial charge in [-0.2, -0.15) is 4.68 Å². The standard InChI is InChI=1S/C17H16ClN5O3/c18-11-3-1-4-12(9-11)26-8-2-5-15(16(19)24)23-17(25)13-6-7-20-10-14(13)21-22-23/h1,3-4,6-7,9-10,15H,2,5,8H2,(H2,19,24). The molecule has 2 aromatic heterocycles. The van der Waals surface area contributed by atoms with Gasteiger partial charge in [0.1, 0.15) is 17.3 Å². The van der Waals surface area contributed by atoms with E-state index >= 15 is 0 Å². The number of aromatic nitrogens is 4. The Kier molecular flexibility index (Phi) is 5.43. The van der Waals surface area contributed by atoms with Crippen LogP contribution in [0, 0.1) is 0 Å². The molecule has 1 amide bonds. The van der Waals surface area contributed by atoms with Crippen LogP contribution in [0.25, 0.3) is 10.9 Å². The zero-order chi connectivity index (χ0) is 18.5. The SMILES string of the molecule is NC(=O)C(CCCOc1cccc(Cl)c1)n1nnc2cnccc2c1=O. The molecule has 0 radical (unpaired) electrons. The van der Waals surface area contributed by atoms with E-state index in [1.807, 2.05) is 0 Å². The Morgan fingerprint density at radius 1 is 1.35 bits per heavy atom. The highest BCUT2D eigenvalue weighted by Gasteiger charge is 2.21. The number of hydrogen-bond acceptors (Lipinski definition) is 6. The van der Waals surface area contributed by atoms with Gasteiger partial charge in [-0.05, 0) is 37.1 Å². The van der Waals surface area contributed by atoms with Crippen molar-refractivity contribution in [3.05, 3.63) is 58.1 Å². The summed E-state index contributed by atoms with van der Waals surface area (Å²) in [4.78, 5) is 28.3. The van der Waals surface area contributed by atoms with Gasteiger partial charge in [0.15, 0.2) is 0 Å². The third-order valence-electron chi connectivity index (χ3n) is 3.80. The summed E-state index contributed by atoms with van der Waals surface area (Å²) in [5.41, 5.74) is 5.39. The number of nitrogens with two attached hydrogens (primary N) is 1. The molecular formula is C17H16ClN5O3. The van der Waals surface area contributed by atoms with Crippen molar-refractivity contribution >= 4 is 28.4 Å². The van der Waals surface area contributed by atoms with Crippen molar-refractivity contribution in [2.75, 3.05) is 6.61 Å². The molecule has 9 heteroatoms. The first-order chi connectivity index (χ1) is 12.6. The van der Waals surface area contributed by atoms with Gasteiger partial charge in [-0.3, -0.25) is 14.6 Å².